The first-order valence-corrected chi connectivity index (χ1v) is 6.32. The summed E-state index contributed by atoms with van der Waals surface area (Å²) in [5, 5.41) is 4.44. The van der Waals surface area contributed by atoms with Gasteiger partial charge in [0.15, 0.2) is 0 Å². The summed E-state index contributed by atoms with van der Waals surface area (Å²) in [6.45, 7) is 5.43. The van der Waals surface area contributed by atoms with Gasteiger partial charge in [0.1, 0.15) is 17.2 Å². The molecule has 1 aromatic carbocycles. The maximum atomic E-state index is 11.7. The lowest BCUT2D eigenvalue weighted by Gasteiger charge is -2.19. The van der Waals surface area contributed by atoms with E-state index < -0.39 is 11.7 Å². The van der Waals surface area contributed by atoms with Gasteiger partial charge < -0.3 is 9.47 Å². The molecule has 1 amide bonds. The number of fused-ring (bicyclic) bond motifs is 1. The van der Waals surface area contributed by atoms with Gasteiger partial charge in [-0.05, 0) is 38.3 Å². The Kier molecular flexibility index (Phi) is 3.79. The third kappa shape index (κ3) is 3.38. The maximum Gasteiger partial charge on any atom is 0.413 e. The molecule has 0 saturated carbocycles. The second-order valence-corrected chi connectivity index (χ2v) is 5.38. The lowest BCUT2D eigenvalue weighted by atomic mass is 10.1. The number of amides is 1. The van der Waals surface area contributed by atoms with Gasteiger partial charge >= 0.3 is 6.09 Å². The molecule has 2 rings (SSSR count). The smallest absolute Gasteiger partial charge is 0.413 e. The van der Waals surface area contributed by atoms with Crippen LogP contribution in [0.5, 0.6) is 5.75 Å². The number of carbonyl (C=O) groups excluding carboxylic acids is 1. The molecule has 5 nitrogen and oxygen atoms in total. The number of nitrogens with one attached hydrogen (secondary N) is 1. The molecule has 5 heteroatoms. The molecule has 1 aromatic heterocycles. The molecule has 0 aliphatic heterocycles. The van der Waals surface area contributed by atoms with Crippen LogP contribution in [0.25, 0.3) is 10.8 Å². The maximum absolute atomic E-state index is 11.7. The SMILES string of the molecule is COc1cccc2cc(NC(=O)OC(C)(C)C)ncc12. The standard InChI is InChI=1S/C15H18N2O3/c1-15(2,3)20-14(18)17-13-8-10-6-5-7-12(19-4)11(10)9-16-13/h5-9H,1-4H3,(H,16,17,18). The van der Waals surface area contributed by atoms with Crippen molar-refractivity contribution in [3.63, 3.8) is 0 Å². The van der Waals surface area contributed by atoms with Gasteiger partial charge in [-0.25, -0.2) is 9.78 Å². The number of carbonyl (C=O) groups is 1. The first-order valence-electron chi connectivity index (χ1n) is 6.32. The van der Waals surface area contributed by atoms with Crippen LogP contribution < -0.4 is 10.1 Å². The molecule has 2 aromatic rings. The second kappa shape index (κ2) is 5.36. The Morgan fingerprint density at radius 3 is 2.70 bits per heavy atom. The van der Waals surface area contributed by atoms with E-state index in [2.05, 4.69) is 10.3 Å². The molecule has 0 aliphatic carbocycles. The molecule has 0 fully saturated rings. The Balaban J connectivity index is 2.22. The van der Waals surface area contributed by atoms with E-state index in [1.54, 1.807) is 19.4 Å². The number of methoxy groups -OCH3 is 1. The van der Waals surface area contributed by atoms with Crippen LogP contribution in [0, 0.1) is 0 Å². The number of hydrogen-bond acceptors (Lipinski definition) is 4. The van der Waals surface area contributed by atoms with E-state index in [4.69, 9.17) is 9.47 Å². The fraction of sp³-hybridized carbons (Fsp3) is 0.333. The van der Waals surface area contributed by atoms with Gasteiger partial charge in [-0.15, -0.1) is 0 Å². The number of rotatable bonds is 2. The quantitative estimate of drug-likeness (QED) is 0.909. The third-order valence-corrected chi connectivity index (χ3v) is 2.57. The minimum absolute atomic E-state index is 0.444. The zero-order valence-electron chi connectivity index (χ0n) is 12.1. The molecule has 106 valence electrons. The van der Waals surface area contributed by atoms with Crippen LogP contribution in [-0.2, 0) is 4.74 Å². The van der Waals surface area contributed by atoms with Crippen molar-refractivity contribution in [1.82, 2.24) is 4.98 Å². The monoisotopic (exact) mass is 274 g/mol. The largest absolute Gasteiger partial charge is 0.496 e. The number of benzene rings is 1. The van der Waals surface area contributed by atoms with E-state index in [1.165, 1.54) is 0 Å². The van der Waals surface area contributed by atoms with Crippen molar-refractivity contribution >= 4 is 22.7 Å². The highest BCUT2D eigenvalue weighted by Crippen LogP contribution is 2.26. The third-order valence-electron chi connectivity index (χ3n) is 2.57. The van der Waals surface area contributed by atoms with Crippen molar-refractivity contribution in [1.29, 1.82) is 0 Å². The summed E-state index contributed by atoms with van der Waals surface area (Å²) in [6, 6.07) is 7.46. The molecule has 0 unspecified atom stereocenters. The van der Waals surface area contributed by atoms with Crippen LogP contribution >= 0.6 is 0 Å². The van der Waals surface area contributed by atoms with Gasteiger partial charge in [-0.1, -0.05) is 12.1 Å². The topological polar surface area (TPSA) is 60.5 Å². The van der Waals surface area contributed by atoms with Crippen molar-refractivity contribution in [2.75, 3.05) is 12.4 Å². The highest BCUT2D eigenvalue weighted by atomic mass is 16.6. The highest BCUT2D eigenvalue weighted by molar-refractivity contribution is 5.92. The van der Waals surface area contributed by atoms with Gasteiger partial charge in [-0.3, -0.25) is 5.32 Å². The normalized spacial score (nSPS) is 11.2. The summed E-state index contributed by atoms with van der Waals surface area (Å²) < 4.78 is 10.4. The number of hydrogen-bond donors (Lipinski definition) is 1. The van der Waals surface area contributed by atoms with Crippen LogP contribution in [0.3, 0.4) is 0 Å². The summed E-state index contributed by atoms with van der Waals surface area (Å²) in [5.74, 6) is 1.19. The lowest BCUT2D eigenvalue weighted by Crippen LogP contribution is -2.27. The van der Waals surface area contributed by atoms with Gasteiger partial charge in [0.05, 0.1) is 7.11 Å². The van der Waals surface area contributed by atoms with Crippen LogP contribution in [0.4, 0.5) is 10.6 Å². The zero-order chi connectivity index (χ0) is 14.8. The lowest BCUT2D eigenvalue weighted by molar-refractivity contribution is 0.0635. The Labute approximate surface area is 117 Å². The van der Waals surface area contributed by atoms with E-state index in [0.29, 0.717) is 5.82 Å². The second-order valence-electron chi connectivity index (χ2n) is 5.38. The van der Waals surface area contributed by atoms with E-state index >= 15 is 0 Å². The average Bonchev–Trinajstić information content (AvgIpc) is 2.35. The van der Waals surface area contributed by atoms with E-state index in [-0.39, 0.29) is 0 Å². The Bertz CT molecular complexity index is 633. The number of nitrogens with zero attached hydrogens (tertiary/aromatic N) is 1. The first-order chi connectivity index (χ1) is 9.39. The van der Waals surface area contributed by atoms with Gasteiger partial charge in [0.25, 0.3) is 0 Å². The summed E-state index contributed by atoms with van der Waals surface area (Å²) in [7, 11) is 1.61. The average molecular weight is 274 g/mol. The van der Waals surface area contributed by atoms with E-state index in [9.17, 15) is 4.79 Å². The number of ether oxygens (including phenoxy) is 2. The molecular formula is C15H18N2O3. The van der Waals surface area contributed by atoms with Crippen molar-refractivity contribution in [2.24, 2.45) is 0 Å². The van der Waals surface area contributed by atoms with Crippen molar-refractivity contribution in [3.05, 3.63) is 30.5 Å². The zero-order valence-corrected chi connectivity index (χ0v) is 12.1. The molecule has 0 aliphatic rings. The van der Waals surface area contributed by atoms with Gasteiger partial charge in [-0.2, -0.15) is 0 Å². The minimum Gasteiger partial charge on any atom is -0.496 e. The Morgan fingerprint density at radius 1 is 1.30 bits per heavy atom. The molecule has 0 spiro atoms. The summed E-state index contributed by atoms with van der Waals surface area (Å²) in [4.78, 5) is 15.9. The predicted molar refractivity (Wildman–Crippen MR) is 78.2 cm³/mol. The number of aromatic nitrogens is 1. The van der Waals surface area contributed by atoms with E-state index in [0.717, 1.165) is 16.5 Å². The fourth-order valence-corrected chi connectivity index (χ4v) is 1.80. The van der Waals surface area contributed by atoms with Crippen molar-refractivity contribution in [2.45, 2.75) is 26.4 Å². The molecule has 0 bridgehead atoms. The van der Waals surface area contributed by atoms with Crippen molar-refractivity contribution in [3.8, 4) is 5.75 Å². The van der Waals surface area contributed by atoms with Crippen LogP contribution in [0.2, 0.25) is 0 Å². The molecule has 0 atom stereocenters. The molecule has 1 heterocycles. The molecule has 1 N–H and O–H groups in total. The van der Waals surface area contributed by atoms with Gasteiger partial charge in [0, 0.05) is 11.6 Å². The van der Waals surface area contributed by atoms with Gasteiger partial charge in [0.2, 0.25) is 0 Å². The Morgan fingerprint density at radius 2 is 2.05 bits per heavy atom. The summed E-state index contributed by atoms with van der Waals surface area (Å²) in [6.07, 6.45) is 1.15. The molecule has 0 saturated heterocycles. The van der Waals surface area contributed by atoms with E-state index in [1.807, 2.05) is 39.0 Å². The van der Waals surface area contributed by atoms with Crippen LogP contribution in [0.15, 0.2) is 30.5 Å². The minimum atomic E-state index is -0.538. The number of pyridine rings is 1. The highest BCUT2D eigenvalue weighted by Gasteiger charge is 2.16. The van der Waals surface area contributed by atoms with Crippen molar-refractivity contribution < 1.29 is 14.3 Å². The van der Waals surface area contributed by atoms with Crippen LogP contribution in [-0.4, -0.2) is 23.8 Å². The Hall–Kier alpha value is -2.30. The predicted octanol–water partition coefficient (Wildman–Crippen LogP) is 3.59. The number of anilines is 1. The fourth-order valence-electron chi connectivity index (χ4n) is 1.80. The summed E-state index contributed by atoms with van der Waals surface area (Å²) in [5.41, 5.74) is -0.538. The first kappa shape index (κ1) is 14.1. The molecule has 20 heavy (non-hydrogen) atoms. The summed E-state index contributed by atoms with van der Waals surface area (Å²) >= 11 is 0. The molecular weight excluding hydrogens is 256 g/mol. The molecule has 0 radical (unpaired) electrons. The van der Waals surface area contributed by atoms with Crippen LogP contribution in [0.1, 0.15) is 20.8 Å².